The van der Waals surface area contributed by atoms with Gasteiger partial charge in [-0.3, -0.25) is 0 Å². The second-order valence-electron chi connectivity index (χ2n) is 4.85. The van der Waals surface area contributed by atoms with Crippen LogP contribution >= 0.6 is 11.6 Å². The van der Waals surface area contributed by atoms with Crippen molar-refractivity contribution >= 4 is 32.5 Å². The number of benzene rings is 1. The van der Waals surface area contributed by atoms with Crippen molar-refractivity contribution in [3.05, 3.63) is 24.0 Å². The van der Waals surface area contributed by atoms with Gasteiger partial charge in [-0.2, -0.15) is 0 Å². The fourth-order valence-corrected chi connectivity index (χ4v) is 3.14. The SMILES string of the molecule is CCOc1cccc2c1nc(CCl)n2CCCS(C)(=O)=O. The average Bonchev–Trinajstić information content (AvgIpc) is 2.77. The number of imidazole rings is 1. The first-order valence-electron chi connectivity index (χ1n) is 6.81. The third kappa shape index (κ3) is 3.89. The largest absolute Gasteiger partial charge is 0.492 e. The molecule has 2 aromatic rings. The van der Waals surface area contributed by atoms with Crippen molar-refractivity contribution in [2.24, 2.45) is 0 Å². The maximum atomic E-state index is 11.2. The molecule has 0 amide bonds. The smallest absolute Gasteiger partial charge is 0.147 e. The molecule has 0 aliphatic carbocycles. The molecular formula is C14H19ClN2O3S. The number of fused-ring (bicyclic) bond motifs is 1. The van der Waals surface area contributed by atoms with Crippen LogP contribution in [0.3, 0.4) is 0 Å². The lowest BCUT2D eigenvalue weighted by Crippen LogP contribution is -2.09. The minimum Gasteiger partial charge on any atom is -0.492 e. The molecule has 1 aromatic carbocycles. The zero-order valence-electron chi connectivity index (χ0n) is 12.2. The molecule has 0 radical (unpaired) electrons. The summed E-state index contributed by atoms with van der Waals surface area (Å²) in [5.74, 6) is 1.88. The summed E-state index contributed by atoms with van der Waals surface area (Å²) in [6.45, 7) is 3.06. The Morgan fingerprint density at radius 3 is 2.76 bits per heavy atom. The van der Waals surface area contributed by atoms with Crippen LogP contribution in [-0.4, -0.2) is 36.6 Å². The van der Waals surface area contributed by atoms with E-state index < -0.39 is 9.84 Å². The van der Waals surface area contributed by atoms with E-state index in [1.165, 1.54) is 6.26 Å². The van der Waals surface area contributed by atoms with E-state index >= 15 is 0 Å². The number of hydrogen-bond donors (Lipinski definition) is 0. The van der Waals surface area contributed by atoms with Crippen LogP contribution in [0.15, 0.2) is 18.2 Å². The van der Waals surface area contributed by atoms with Crippen LogP contribution in [0.25, 0.3) is 11.0 Å². The number of rotatable bonds is 7. The number of para-hydroxylation sites is 1. The number of nitrogens with zero attached hydrogens (tertiary/aromatic N) is 2. The van der Waals surface area contributed by atoms with E-state index in [9.17, 15) is 8.42 Å². The van der Waals surface area contributed by atoms with Crippen LogP contribution in [0.2, 0.25) is 0 Å². The topological polar surface area (TPSA) is 61.2 Å². The minimum atomic E-state index is -2.96. The Morgan fingerprint density at radius 1 is 1.38 bits per heavy atom. The number of alkyl halides is 1. The van der Waals surface area contributed by atoms with Gasteiger partial charge in [0.1, 0.15) is 26.9 Å². The van der Waals surface area contributed by atoms with Crippen molar-refractivity contribution < 1.29 is 13.2 Å². The number of aromatic nitrogens is 2. The van der Waals surface area contributed by atoms with Crippen LogP contribution in [0, 0.1) is 0 Å². The summed E-state index contributed by atoms with van der Waals surface area (Å²) in [6.07, 6.45) is 1.78. The molecule has 0 saturated heterocycles. The van der Waals surface area contributed by atoms with Gasteiger partial charge in [-0.1, -0.05) is 6.07 Å². The van der Waals surface area contributed by atoms with Crippen LogP contribution in [0.5, 0.6) is 5.75 Å². The fourth-order valence-electron chi connectivity index (χ4n) is 2.28. The third-order valence-electron chi connectivity index (χ3n) is 3.14. The summed E-state index contributed by atoms with van der Waals surface area (Å²) in [4.78, 5) is 4.52. The lowest BCUT2D eigenvalue weighted by atomic mass is 10.3. The molecule has 1 aromatic heterocycles. The molecule has 0 atom stereocenters. The van der Waals surface area contributed by atoms with Crippen molar-refractivity contribution in [1.29, 1.82) is 0 Å². The molecule has 0 aliphatic heterocycles. The average molecular weight is 331 g/mol. The van der Waals surface area contributed by atoms with Gasteiger partial charge in [0.15, 0.2) is 0 Å². The molecule has 7 heteroatoms. The fraction of sp³-hybridized carbons (Fsp3) is 0.500. The lowest BCUT2D eigenvalue weighted by Gasteiger charge is -2.08. The first-order valence-corrected chi connectivity index (χ1v) is 9.40. The van der Waals surface area contributed by atoms with Crippen molar-refractivity contribution in [3.63, 3.8) is 0 Å². The lowest BCUT2D eigenvalue weighted by molar-refractivity contribution is 0.343. The Kier molecular flexibility index (Phi) is 5.11. The zero-order chi connectivity index (χ0) is 15.5. The number of hydrogen-bond acceptors (Lipinski definition) is 4. The summed E-state index contributed by atoms with van der Waals surface area (Å²) in [7, 11) is -2.96. The Hall–Kier alpha value is -1.27. The van der Waals surface area contributed by atoms with Crippen LogP contribution < -0.4 is 4.74 Å². The van der Waals surface area contributed by atoms with Gasteiger partial charge in [0.25, 0.3) is 0 Å². The number of halogens is 1. The standard InChI is InChI=1S/C14H19ClN2O3S/c1-3-20-12-7-4-6-11-14(12)16-13(10-15)17(11)8-5-9-21(2,18)19/h4,6-7H,3,5,8-10H2,1-2H3. The molecule has 0 aliphatic rings. The van der Waals surface area contributed by atoms with E-state index in [-0.39, 0.29) is 11.6 Å². The van der Waals surface area contributed by atoms with Gasteiger partial charge in [-0.05, 0) is 25.5 Å². The highest BCUT2D eigenvalue weighted by atomic mass is 35.5. The summed E-state index contributed by atoms with van der Waals surface area (Å²) in [5.41, 5.74) is 1.69. The molecule has 0 fully saturated rings. The predicted molar refractivity (Wildman–Crippen MR) is 84.8 cm³/mol. The van der Waals surface area contributed by atoms with Gasteiger partial charge in [-0.15, -0.1) is 11.6 Å². The normalized spacial score (nSPS) is 12.0. The number of ether oxygens (including phenoxy) is 1. The van der Waals surface area contributed by atoms with E-state index in [0.29, 0.717) is 19.6 Å². The Morgan fingerprint density at radius 2 is 2.14 bits per heavy atom. The summed E-state index contributed by atoms with van der Waals surface area (Å²) in [5, 5.41) is 0. The highest BCUT2D eigenvalue weighted by Gasteiger charge is 2.14. The highest BCUT2D eigenvalue weighted by Crippen LogP contribution is 2.27. The van der Waals surface area contributed by atoms with Gasteiger partial charge in [-0.25, -0.2) is 13.4 Å². The molecular weight excluding hydrogens is 312 g/mol. The molecule has 2 rings (SSSR count). The summed E-state index contributed by atoms with van der Waals surface area (Å²) < 4.78 is 30.0. The predicted octanol–water partition coefficient (Wildman–Crippen LogP) is 2.61. The summed E-state index contributed by atoms with van der Waals surface area (Å²) >= 11 is 5.96. The molecule has 0 bridgehead atoms. The van der Waals surface area contributed by atoms with E-state index in [1.807, 2.05) is 29.7 Å². The van der Waals surface area contributed by atoms with Crippen molar-refractivity contribution in [2.45, 2.75) is 25.8 Å². The van der Waals surface area contributed by atoms with Crippen LogP contribution in [0.4, 0.5) is 0 Å². The molecule has 21 heavy (non-hydrogen) atoms. The second-order valence-corrected chi connectivity index (χ2v) is 7.38. The first-order chi connectivity index (χ1) is 9.96. The number of aryl methyl sites for hydroxylation is 1. The first kappa shape index (κ1) is 16.1. The van der Waals surface area contributed by atoms with E-state index in [1.54, 1.807) is 0 Å². The molecule has 1 heterocycles. The van der Waals surface area contributed by atoms with E-state index in [2.05, 4.69) is 4.98 Å². The van der Waals surface area contributed by atoms with Crippen LogP contribution in [-0.2, 0) is 22.3 Å². The third-order valence-corrected chi connectivity index (χ3v) is 4.41. The highest BCUT2D eigenvalue weighted by molar-refractivity contribution is 7.90. The maximum absolute atomic E-state index is 11.2. The van der Waals surface area contributed by atoms with Gasteiger partial charge in [0, 0.05) is 12.8 Å². The molecule has 5 nitrogen and oxygen atoms in total. The summed E-state index contributed by atoms with van der Waals surface area (Å²) in [6, 6.07) is 5.72. The Bertz CT molecular complexity index is 725. The van der Waals surface area contributed by atoms with Crippen molar-refractivity contribution in [3.8, 4) is 5.75 Å². The zero-order valence-corrected chi connectivity index (χ0v) is 13.7. The van der Waals surface area contributed by atoms with Crippen molar-refractivity contribution in [2.75, 3.05) is 18.6 Å². The monoisotopic (exact) mass is 330 g/mol. The van der Waals surface area contributed by atoms with Gasteiger partial charge in [0.05, 0.1) is 23.8 Å². The Balaban J connectivity index is 2.35. The van der Waals surface area contributed by atoms with Crippen molar-refractivity contribution in [1.82, 2.24) is 9.55 Å². The molecule has 0 spiro atoms. The van der Waals surface area contributed by atoms with E-state index in [0.717, 1.165) is 22.6 Å². The van der Waals surface area contributed by atoms with Crippen LogP contribution in [0.1, 0.15) is 19.2 Å². The quantitative estimate of drug-likeness (QED) is 0.732. The van der Waals surface area contributed by atoms with Gasteiger partial charge < -0.3 is 9.30 Å². The van der Waals surface area contributed by atoms with Gasteiger partial charge in [0.2, 0.25) is 0 Å². The number of sulfone groups is 1. The second kappa shape index (κ2) is 6.66. The minimum absolute atomic E-state index is 0.152. The maximum Gasteiger partial charge on any atom is 0.147 e. The Labute approximate surface area is 129 Å². The molecule has 116 valence electrons. The van der Waals surface area contributed by atoms with Gasteiger partial charge >= 0.3 is 0 Å². The molecule has 0 unspecified atom stereocenters. The molecule has 0 saturated carbocycles. The van der Waals surface area contributed by atoms with E-state index in [4.69, 9.17) is 16.3 Å². The molecule has 0 N–H and O–H groups in total.